The lowest BCUT2D eigenvalue weighted by Crippen LogP contribution is -1.89. The number of aromatic nitrogens is 6. The fourth-order valence-corrected chi connectivity index (χ4v) is 1.58. The van der Waals surface area contributed by atoms with Gasteiger partial charge in [-0.15, -0.1) is 0 Å². The second-order valence-corrected chi connectivity index (χ2v) is 3.88. The summed E-state index contributed by atoms with van der Waals surface area (Å²) in [5.41, 5.74) is 0.598. The van der Waals surface area contributed by atoms with Crippen molar-refractivity contribution in [2.24, 2.45) is 0 Å². The zero-order valence-electron chi connectivity index (χ0n) is 9.08. The molecule has 0 atom stereocenters. The highest BCUT2D eigenvalue weighted by atomic mass is 35.5. The smallest absolute Gasteiger partial charge is 0.200 e. The van der Waals surface area contributed by atoms with Crippen LogP contribution in [0.4, 0.5) is 0 Å². The van der Waals surface area contributed by atoms with E-state index in [1.807, 2.05) is 0 Å². The third-order valence-electron chi connectivity index (χ3n) is 2.21. The van der Waals surface area contributed by atoms with Crippen LogP contribution >= 0.6 is 11.6 Å². The van der Waals surface area contributed by atoms with Gasteiger partial charge < -0.3 is 0 Å². The number of halogens is 1. The maximum Gasteiger partial charge on any atom is 0.200 e. The summed E-state index contributed by atoms with van der Waals surface area (Å²) in [4.78, 5) is 16.6. The maximum absolute atomic E-state index is 5.89. The van der Waals surface area contributed by atoms with Crippen LogP contribution in [0.15, 0.2) is 36.8 Å². The minimum atomic E-state index is 0.458. The highest BCUT2D eigenvalue weighted by Gasteiger charge is 2.10. The van der Waals surface area contributed by atoms with Crippen molar-refractivity contribution in [3.63, 3.8) is 0 Å². The third kappa shape index (κ3) is 2.05. The first-order chi connectivity index (χ1) is 8.83. The van der Waals surface area contributed by atoms with Crippen LogP contribution in [0.5, 0.6) is 0 Å². The molecule has 3 aromatic rings. The molecule has 7 heteroatoms. The Balaban J connectivity index is 2.00. The summed E-state index contributed by atoms with van der Waals surface area (Å²) in [6.45, 7) is 0. The second-order valence-electron chi connectivity index (χ2n) is 3.44. The summed E-state index contributed by atoms with van der Waals surface area (Å²) < 4.78 is 0. The molecule has 6 nitrogen and oxygen atoms in total. The normalized spacial score (nSPS) is 10.5. The Kier molecular flexibility index (Phi) is 2.70. The molecule has 0 fully saturated rings. The number of nitrogens with one attached hydrogen (secondary N) is 1. The summed E-state index contributed by atoms with van der Waals surface area (Å²) in [6, 6.07) is 5.12. The molecular formula is C11H7ClN6. The Hall–Kier alpha value is -2.34. The number of hydrogen-bond donors (Lipinski definition) is 1. The number of hydrogen-bond acceptors (Lipinski definition) is 5. The number of nitrogens with zero attached hydrogens (tertiary/aromatic N) is 5. The lowest BCUT2D eigenvalue weighted by molar-refractivity contribution is 1.06. The average Bonchev–Trinajstić information content (AvgIpc) is 2.89. The van der Waals surface area contributed by atoms with Crippen LogP contribution in [0, 0.1) is 0 Å². The molecule has 3 rings (SSSR count). The molecule has 1 N–H and O–H groups in total. The number of pyridine rings is 1. The molecule has 0 spiro atoms. The molecule has 0 amide bonds. The molecule has 0 aliphatic rings. The zero-order chi connectivity index (χ0) is 12.4. The van der Waals surface area contributed by atoms with E-state index in [4.69, 9.17) is 11.6 Å². The summed E-state index contributed by atoms with van der Waals surface area (Å²) in [6.07, 6.45) is 4.89. The van der Waals surface area contributed by atoms with E-state index in [2.05, 4.69) is 30.1 Å². The predicted molar refractivity (Wildman–Crippen MR) is 65.6 cm³/mol. The van der Waals surface area contributed by atoms with Gasteiger partial charge in [-0.25, -0.2) is 15.0 Å². The first-order valence-electron chi connectivity index (χ1n) is 5.14. The van der Waals surface area contributed by atoms with Crippen molar-refractivity contribution in [2.45, 2.75) is 0 Å². The molecule has 0 saturated carbocycles. The first kappa shape index (κ1) is 10.8. The molecule has 0 aromatic carbocycles. The minimum Gasteiger partial charge on any atom is -0.256 e. The van der Waals surface area contributed by atoms with E-state index in [0.717, 1.165) is 0 Å². The van der Waals surface area contributed by atoms with Crippen LogP contribution in [0.1, 0.15) is 0 Å². The third-order valence-corrected chi connectivity index (χ3v) is 2.45. The monoisotopic (exact) mass is 258 g/mol. The summed E-state index contributed by atoms with van der Waals surface area (Å²) in [5.74, 6) is 1.44. The van der Waals surface area contributed by atoms with E-state index < -0.39 is 0 Å². The second kappa shape index (κ2) is 4.50. The van der Waals surface area contributed by atoms with E-state index in [1.54, 1.807) is 36.8 Å². The average molecular weight is 259 g/mol. The van der Waals surface area contributed by atoms with Crippen molar-refractivity contribution in [1.29, 1.82) is 0 Å². The fraction of sp³-hybridized carbons (Fsp3) is 0. The SMILES string of the molecule is Clc1ccnc(-c2n[nH]c(-c3ncccn3)n2)c1. The van der Waals surface area contributed by atoms with Gasteiger partial charge in [0.1, 0.15) is 5.69 Å². The van der Waals surface area contributed by atoms with Crippen LogP contribution in [-0.4, -0.2) is 30.1 Å². The van der Waals surface area contributed by atoms with Crippen molar-refractivity contribution >= 4 is 11.6 Å². The van der Waals surface area contributed by atoms with E-state index >= 15 is 0 Å². The van der Waals surface area contributed by atoms with Crippen LogP contribution < -0.4 is 0 Å². The molecule has 3 heterocycles. The quantitative estimate of drug-likeness (QED) is 0.760. The lowest BCUT2D eigenvalue weighted by atomic mass is 10.3. The van der Waals surface area contributed by atoms with E-state index in [9.17, 15) is 0 Å². The molecule has 88 valence electrons. The minimum absolute atomic E-state index is 0.458. The standard InChI is InChI=1S/C11H7ClN6/c12-7-2-5-13-8(6-7)9-16-11(18-17-9)10-14-3-1-4-15-10/h1-6H,(H,16,17,18). The van der Waals surface area contributed by atoms with Gasteiger partial charge in [0.15, 0.2) is 17.5 Å². The van der Waals surface area contributed by atoms with E-state index in [0.29, 0.717) is 28.2 Å². The highest BCUT2D eigenvalue weighted by molar-refractivity contribution is 6.30. The molecular weight excluding hydrogens is 252 g/mol. The molecule has 0 saturated heterocycles. The molecule has 0 aliphatic carbocycles. The van der Waals surface area contributed by atoms with Gasteiger partial charge in [-0.3, -0.25) is 10.1 Å². The van der Waals surface area contributed by atoms with E-state index in [-0.39, 0.29) is 0 Å². The van der Waals surface area contributed by atoms with Gasteiger partial charge in [0.25, 0.3) is 0 Å². The van der Waals surface area contributed by atoms with Gasteiger partial charge in [-0.05, 0) is 18.2 Å². The molecule has 0 radical (unpaired) electrons. The first-order valence-corrected chi connectivity index (χ1v) is 5.52. The topological polar surface area (TPSA) is 80.2 Å². The summed E-state index contributed by atoms with van der Waals surface area (Å²) in [5, 5.41) is 7.42. The van der Waals surface area contributed by atoms with Crippen molar-refractivity contribution in [2.75, 3.05) is 0 Å². The molecule has 0 unspecified atom stereocenters. The molecule has 18 heavy (non-hydrogen) atoms. The van der Waals surface area contributed by atoms with Gasteiger partial charge in [0.2, 0.25) is 0 Å². The number of rotatable bonds is 2. The Bertz CT molecular complexity index is 666. The maximum atomic E-state index is 5.89. The lowest BCUT2D eigenvalue weighted by Gasteiger charge is -1.94. The summed E-state index contributed by atoms with van der Waals surface area (Å²) in [7, 11) is 0. The zero-order valence-corrected chi connectivity index (χ0v) is 9.83. The molecule has 3 aromatic heterocycles. The molecule has 0 bridgehead atoms. The van der Waals surface area contributed by atoms with E-state index in [1.165, 1.54) is 0 Å². The van der Waals surface area contributed by atoms with Gasteiger partial charge in [0, 0.05) is 23.6 Å². The summed E-state index contributed by atoms with van der Waals surface area (Å²) >= 11 is 5.89. The van der Waals surface area contributed by atoms with Crippen LogP contribution in [0.3, 0.4) is 0 Å². The van der Waals surface area contributed by atoms with Crippen molar-refractivity contribution < 1.29 is 0 Å². The Labute approximate surface area is 107 Å². The van der Waals surface area contributed by atoms with Crippen molar-refractivity contribution in [3.05, 3.63) is 41.8 Å². The van der Waals surface area contributed by atoms with Crippen molar-refractivity contribution in [3.8, 4) is 23.2 Å². The van der Waals surface area contributed by atoms with Crippen LogP contribution in [0.25, 0.3) is 23.2 Å². The van der Waals surface area contributed by atoms with Gasteiger partial charge in [0.05, 0.1) is 0 Å². The van der Waals surface area contributed by atoms with Crippen molar-refractivity contribution in [1.82, 2.24) is 30.1 Å². The Morgan fingerprint density at radius 2 is 1.83 bits per heavy atom. The fourth-order valence-electron chi connectivity index (χ4n) is 1.42. The number of aromatic amines is 1. The van der Waals surface area contributed by atoms with Crippen LogP contribution in [-0.2, 0) is 0 Å². The van der Waals surface area contributed by atoms with Crippen LogP contribution in [0.2, 0.25) is 5.02 Å². The van der Waals surface area contributed by atoms with Gasteiger partial charge >= 0.3 is 0 Å². The molecule has 0 aliphatic heterocycles. The Morgan fingerprint density at radius 3 is 2.61 bits per heavy atom. The van der Waals surface area contributed by atoms with Gasteiger partial charge in [-0.2, -0.15) is 5.10 Å². The predicted octanol–water partition coefficient (Wildman–Crippen LogP) is 1.98. The highest BCUT2D eigenvalue weighted by Crippen LogP contribution is 2.18. The number of H-pyrrole nitrogens is 1. The Morgan fingerprint density at radius 1 is 1.00 bits per heavy atom. The van der Waals surface area contributed by atoms with Gasteiger partial charge in [-0.1, -0.05) is 11.6 Å². The largest absolute Gasteiger partial charge is 0.256 e.